The van der Waals surface area contributed by atoms with Crippen molar-refractivity contribution in [2.45, 2.75) is 19.5 Å². The van der Waals surface area contributed by atoms with Crippen molar-refractivity contribution in [3.63, 3.8) is 0 Å². The highest BCUT2D eigenvalue weighted by atomic mass is 35.5. The largest absolute Gasteiger partial charge is 0.377 e. The van der Waals surface area contributed by atoms with E-state index in [4.69, 9.17) is 22.1 Å². The summed E-state index contributed by atoms with van der Waals surface area (Å²) in [4.78, 5) is 14.2. The highest BCUT2D eigenvalue weighted by Crippen LogP contribution is 2.27. The van der Waals surface area contributed by atoms with Crippen LogP contribution in [-0.2, 0) is 16.1 Å². The number of anilines is 1. The van der Waals surface area contributed by atoms with Crippen molar-refractivity contribution in [3.8, 4) is 0 Å². The maximum atomic E-state index is 12.2. The number of amides is 1. The molecule has 1 aliphatic rings. The third kappa shape index (κ3) is 3.23. The van der Waals surface area contributed by atoms with E-state index < -0.39 is 0 Å². The number of morpholine rings is 1. The fraction of sp³-hybridized carbons (Fsp3) is 0.500. The minimum absolute atomic E-state index is 0.0323. The van der Waals surface area contributed by atoms with Gasteiger partial charge < -0.3 is 20.7 Å². The van der Waals surface area contributed by atoms with Crippen molar-refractivity contribution in [3.05, 3.63) is 28.8 Å². The van der Waals surface area contributed by atoms with Gasteiger partial charge in [-0.15, -0.1) is 0 Å². The molecule has 0 saturated carbocycles. The Morgan fingerprint density at radius 3 is 3.10 bits per heavy atom. The Bertz CT molecular complexity index is 481. The molecule has 6 heteroatoms. The third-order valence-corrected chi connectivity index (χ3v) is 3.59. The van der Waals surface area contributed by atoms with Gasteiger partial charge >= 0.3 is 0 Å². The van der Waals surface area contributed by atoms with Gasteiger partial charge in [0.05, 0.1) is 13.2 Å². The molecular formula is C14H20ClN3O2. The third-order valence-electron chi connectivity index (χ3n) is 3.36. The molecule has 1 saturated heterocycles. The van der Waals surface area contributed by atoms with Crippen LogP contribution in [0, 0.1) is 0 Å². The van der Waals surface area contributed by atoms with Crippen molar-refractivity contribution in [1.82, 2.24) is 5.32 Å². The molecule has 0 aliphatic carbocycles. The smallest absolute Gasteiger partial charge is 0.245 e. The SMILES string of the molecule is CCNC(=O)C1COCCN1c1cc(Cl)ccc1CN. The van der Waals surface area contributed by atoms with Gasteiger partial charge in [0.2, 0.25) is 5.91 Å². The van der Waals surface area contributed by atoms with Crippen LogP contribution in [0.1, 0.15) is 12.5 Å². The summed E-state index contributed by atoms with van der Waals surface area (Å²) in [5, 5.41) is 3.48. The molecule has 0 aromatic heterocycles. The quantitative estimate of drug-likeness (QED) is 0.874. The van der Waals surface area contributed by atoms with Crippen molar-refractivity contribution in [2.24, 2.45) is 5.73 Å². The summed E-state index contributed by atoms with van der Waals surface area (Å²) < 4.78 is 5.44. The molecule has 1 aromatic rings. The summed E-state index contributed by atoms with van der Waals surface area (Å²) in [6, 6.07) is 5.24. The molecule has 1 atom stereocenters. The zero-order valence-electron chi connectivity index (χ0n) is 11.6. The Morgan fingerprint density at radius 2 is 2.40 bits per heavy atom. The molecule has 2 rings (SSSR count). The number of ether oxygens (including phenoxy) is 1. The number of carbonyl (C=O) groups is 1. The molecule has 0 radical (unpaired) electrons. The second kappa shape index (κ2) is 6.92. The standard InChI is InChI=1S/C14H20ClN3O2/c1-2-17-14(19)13-9-20-6-5-18(13)12-7-11(15)4-3-10(12)8-16/h3-4,7,13H,2,5-6,8-9,16H2,1H3,(H,17,19). The first-order chi connectivity index (χ1) is 9.67. The lowest BCUT2D eigenvalue weighted by atomic mass is 10.1. The van der Waals surface area contributed by atoms with Crippen LogP contribution >= 0.6 is 11.6 Å². The summed E-state index contributed by atoms with van der Waals surface area (Å²) in [5.74, 6) is -0.0323. The van der Waals surface area contributed by atoms with E-state index in [1.807, 2.05) is 30.0 Å². The predicted octanol–water partition coefficient (Wildman–Crippen LogP) is 1.14. The molecule has 1 aliphatic heterocycles. The van der Waals surface area contributed by atoms with Crippen molar-refractivity contribution in [2.75, 3.05) is 31.2 Å². The maximum Gasteiger partial charge on any atom is 0.245 e. The maximum absolute atomic E-state index is 12.2. The number of rotatable bonds is 4. The van der Waals surface area contributed by atoms with Gasteiger partial charge in [-0.3, -0.25) is 4.79 Å². The van der Waals surface area contributed by atoms with Crippen LogP contribution in [-0.4, -0.2) is 38.3 Å². The summed E-state index contributed by atoms with van der Waals surface area (Å²) in [6.45, 7) is 4.52. The summed E-state index contributed by atoms with van der Waals surface area (Å²) in [6.07, 6.45) is 0. The Labute approximate surface area is 124 Å². The van der Waals surface area contributed by atoms with Gasteiger partial charge in [0.25, 0.3) is 0 Å². The van der Waals surface area contributed by atoms with E-state index in [2.05, 4.69) is 5.32 Å². The monoisotopic (exact) mass is 297 g/mol. The first-order valence-corrected chi connectivity index (χ1v) is 7.15. The average molecular weight is 298 g/mol. The zero-order valence-corrected chi connectivity index (χ0v) is 12.3. The molecule has 20 heavy (non-hydrogen) atoms. The molecule has 1 aromatic carbocycles. The number of nitrogens with one attached hydrogen (secondary N) is 1. The molecule has 5 nitrogen and oxygen atoms in total. The number of benzene rings is 1. The Morgan fingerprint density at radius 1 is 1.60 bits per heavy atom. The highest BCUT2D eigenvalue weighted by Gasteiger charge is 2.30. The highest BCUT2D eigenvalue weighted by molar-refractivity contribution is 6.30. The molecule has 0 bridgehead atoms. The number of nitrogens with zero attached hydrogens (tertiary/aromatic N) is 1. The number of nitrogens with two attached hydrogens (primary N) is 1. The number of halogens is 1. The van der Waals surface area contributed by atoms with Gasteiger partial charge in [-0.1, -0.05) is 17.7 Å². The Hall–Kier alpha value is -1.30. The topological polar surface area (TPSA) is 67.6 Å². The molecule has 1 unspecified atom stereocenters. The number of likely N-dealkylation sites (N-methyl/N-ethyl adjacent to an activating group) is 1. The van der Waals surface area contributed by atoms with Gasteiger partial charge in [0.15, 0.2) is 0 Å². The van der Waals surface area contributed by atoms with E-state index in [9.17, 15) is 4.79 Å². The second-order valence-corrected chi connectivity index (χ2v) is 5.09. The van der Waals surface area contributed by atoms with E-state index in [0.29, 0.717) is 37.9 Å². The van der Waals surface area contributed by atoms with Crippen LogP contribution in [0.2, 0.25) is 5.02 Å². The van der Waals surface area contributed by atoms with Crippen LogP contribution in [0.4, 0.5) is 5.69 Å². The molecule has 1 fully saturated rings. The predicted molar refractivity (Wildman–Crippen MR) is 80.0 cm³/mol. The van der Waals surface area contributed by atoms with Crippen LogP contribution in [0.3, 0.4) is 0 Å². The first-order valence-electron chi connectivity index (χ1n) is 6.78. The molecule has 110 valence electrons. The van der Waals surface area contributed by atoms with Gasteiger partial charge in [-0.05, 0) is 24.6 Å². The fourth-order valence-electron chi connectivity index (χ4n) is 2.38. The molecular weight excluding hydrogens is 278 g/mol. The lowest BCUT2D eigenvalue weighted by Crippen LogP contribution is -2.54. The summed E-state index contributed by atoms with van der Waals surface area (Å²) in [5.41, 5.74) is 7.68. The molecule has 3 N–H and O–H groups in total. The first kappa shape index (κ1) is 15.1. The summed E-state index contributed by atoms with van der Waals surface area (Å²) in [7, 11) is 0. The Kier molecular flexibility index (Phi) is 5.23. The van der Waals surface area contributed by atoms with E-state index in [0.717, 1.165) is 11.3 Å². The van der Waals surface area contributed by atoms with E-state index >= 15 is 0 Å². The van der Waals surface area contributed by atoms with Crippen LogP contribution < -0.4 is 16.0 Å². The van der Waals surface area contributed by atoms with Gasteiger partial charge in [0.1, 0.15) is 6.04 Å². The Balaban J connectivity index is 2.32. The van der Waals surface area contributed by atoms with E-state index in [1.165, 1.54) is 0 Å². The van der Waals surface area contributed by atoms with Crippen LogP contribution in [0.15, 0.2) is 18.2 Å². The number of carbonyl (C=O) groups excluding carboxylic acids is 1. The van der Waals surface area contributed by atoms with Crippen molar-refractivity contribution < 1.29 is 9.53 Å². The molecule has 0 spiro atoms. The fourth-order valence-corrected chi connectivity index (χ4v) is 2.54. The minimum atomic E-state index is -0.340. The minimum Gasteiger partial charge on any atom is -0.377 e. The molecule has 1 amide bonds. The lowest BCUT2D eigenvalue weighted by molar-refractivity contribution is -0.124. The zero-order chi connectivity index (χ0) is 14.5. The second-order valence-electron chi connectivity index (χ2n) is 4.66. The van der Waals surface area contributed by atoms with Crippen LogP contribution in [0.25, 0.3) is 0 Å². The average Bonchev–Trinajstić information content (AvgIpc) is 2.47. The normalized spacial score (nSPS) is 18.9. The summed E-state index contributed by atoms with van der Waals surface area (Å²) >= 11 is 6.08. The molecule has 1 heterocycles. The van der Waals surface area contributed by atoms with Gasteiger partial charge in [-0.25, -0.2) is 0 Å². The van der Waals surface area contributed by atoms with Crippen molar-refractivity contribution >= 4 is 23.2 Å². The van der Waals surface area contributed by atoms with E-state index in [1.54, 1.807) is 0 Å². The van der Waals surface area contributed by atoms with Gasteiger partial charge in [0, 0.05) is 30.3 Å². The number of hydrogen-bond acceptors (Lipinski definition) is 4. The van der Waals surface area contributed by atoms with Crippen molar-refractivity contribution in [1.29, 1.82) is 0 Å². The van der Waals surface area contributed by atoms with E-state index in [-0.39, 0.29) is 11.9 Å². The van der Waals surface area contributed by atoms with Gasteiger partial charge in [-0.2, -0.15) is 0 Å². The lowest BCUT2D eigenvalue weighted by Gasteiger charge is -2.37. The van der Waals surface area contributed by atoms with Crippen LogP contribution in [0.5, 0.6) is 0 Å². The number of hydrogen-bond donors (Lipinski definition) is 2.